The lowest BCUT2D eigenvalue weighted by atomic mass is 10.1. The summed E-state index contributed by atoms with van der Waals surface area (Å²) in [5, 5.41) is 0. The van der Waals surface area contributed by atoms with Gasteiger partial charge in [-0.05, 0) is 69.9 Å². The van der Waals surface area contributed by atoms with Gasteiger partial charge in [0.1, 0.15) is 22.0 Å². The van der Waals surface area contributed by atoms with Gasteiger partial charge in [0.15, 0.2) is 6.10 Å². The number of hydrogen-bond donors (Lipinski definition) is 0. The molecular weight excluding hydrogens is 452 g/mol. The van der Waals surface area contributed by atoms with Crippen LogP contribution in [0.3, 0.4) is 0 Å². The Morgan fingerprint density at radius 3 is 2.09 bits per heavy atom. The molecule has 0 aliphatic carbocycles. The van der Waals surface area contributed by atoms with Crippen LogP contribution >= 0.6 is 0 Å². The number of aryl methyl sites for hydroxylation is 1. The fraction of sp³-hybridized carbons (Fsp3) is 0.296. The van der Waals surface area contributed by atoms with Crippen LogP contribution < -0.4 is 4.74 Å². The SMILES string of the molecule is CC(C)(C)OC(=O)[C@@H](CCCc1ccccc1)OS(=O)(=O)c1ccccc1Oc1ccccc1. The fourth-order valence-electron chi connectivity index (χ4n) is 3.27. The first-order chi connectivity index (χ1) is 16.1. The number of para-hydroxylation sites is 2. The van der Waals surface area contributed by atoms with Crippen LogP contribution in [0.15, 0.2) is 89.8 Å². The molecule has 0 amide bonds. The zero-order valence-electron chi connectivity index (χ0n) is 19.6. The van der Waals surface area contributed by atoms with Crippen LogP contribution in [0.1, 0.15) is 39.2 Å². The van der Waals surface area contributed by atoms with Gasteiger partial charge >= 0.3 is 16.1 Å². The molecule has 0 aromatic heterocycles. The van der Waals surface area contributed by atoms with Crippen LogP contribution in [0, 0.1) is 0 Å². The molecule has 0 saturated heterocycles. The van der Waals surface area contributed by atoms with Gasteiger partial charge in [0.25, 0.3) is 0 Å². The van der Waals surface area contributed by atoms with Crippen molar-refractivity contribution in [2.24, 2.45) is 0 Å². The van der Waals surface area contributed by atoms with Crippen LogP contribution in [0.25, 0.3) is 0 Å². The van der Waals surface area contributed by atoms with Gasteiger partial charge in [-0.2, -0.15) is 8.42 Å². The molecule has 0 heterocycles. The van der Waals surface area contributed by atoms with E-state index >= 15 is 0 Å². The van der Waals surface area contributed by atoms with Crippen LogP contribution in [-0.2, 0) is 30.3 Å². The van der Waals surface area contributed by atoms with Gasteiger partial charge < -0.3 is 9.47 Å². The zero-order chi connectivity index (χ0) is 24.6. The second kappa shape index (κ2) is 11.3. The molecule has 0 N–H and O–H groups in total. The Hall–Kier alpha value is -3.16. The van der Waals surface area contributed by atoms with Crippen molar-refractivity contribution in [1.82, 2.24) is 0 Å². The molecule has 1 atom stereocenters. The van der Waals surface area contributed by atoms with Gasteiger partial charge in [-0.15, -0.1) is 0 Å². The maximum Gasteiger partial charge on any atom is 0.337 e. The van der Waals surface area contributed by atoms with E-state index in [9.17, 15) is 13.2 Å². The highest BCUT2D eigenvalue weighted by atomic mass is 32.2. The predicted molar refractivity (Wildman–Crippen MR) is 130 cm³/mol. The van der Waals surface area contributed by atoms with E-state index < -0.39 is 27.8 Å². The molecule has 0 radical (unpaired) electrons. The molecule has 3 aromatic rings. The van der Waals surface area contributed by atoms with Crippen molar-refractivity contribution in [3.05, 3.63) is 90.5 Å². The molecule has 3 aromatic carbocycles. The van der Waals surface area contributed by atoms with Gasteiger partial charge in [0.05, 0.1) is 0 Å². The standard InChI is InChI=1S/C27H30O6S/c1-27(2,3)32-26(28)24(19-12-15-21-13-6-4-7-14-21)33-34(29,30)25-20-11-10-18-23(25)31-22-16-8-5-9-17-22/h4-11,13-14,16-18,20,24H,12,15,19H2,1-3H3/t24-/m1/s1. The maximum atomic E-state index is 13.2. The number of benzene rings is 3. The first-order valence-corrected chi connectivity index (χ1v) is 12.6. The molecule has 0 aliphatic heterocycles. The summed E-state index contributed by atoms with van der Waals surface area (Å²) in [5.41, 5.74) is 0.311. The van der Waals surface area contributed by atoms with Crippen molar-refractivity contribution >= 4 is 16.1 Å². The molecule has 0 unspecified atom stereocenters. The van der Waals surface area contributed by atoms with Gasteiger partial charge in [-0.1, -0.05) is 60.7 Å². The van der Waals surface area contributed by atoms with E-state index in [0.29, 0.717) is 18.6 Å². The minimum atomic E-state index is -4.33. The number of carbonyl (C=O) groups is 1. The van der Waals surface area contributed by atoms with E-state index in [2.05, 4.69) is 0 Å². The summed E-state index contributed by atoms with van der Waals surface area (Å²) in [7, 11) is -4.33. The number of ether oxygens (including phenoxy) is 2. The van der Waals surface area contributed by atoms with Gasteiger partial charge in [-0.3, -0.25) is 4.18 Å². The second-order valence-electron chi connectivity index (χ2n) is 8.81. The molecule has 7 heteroatoms. The Balaban J connectivity index is 1.80. The van der Waals surface area contributed by atoms with Crippen molar-refractivity contribution in [1.29, 1.82) is 0 Å². The minimum Gasteiger partial charge on any atom is -0.458 e. The molecule has 180 valence electrons. The Kier molecular flexibility index (Phi) is 8.47. The van der Waals surface area contributed by atoms with Gasteiger partial charge in [0.2, 0.25) is 0 Å². The molecule has 0 saturated carbocycles. The average Bonchev–Trinajstić information content (AvgIpc) is 2.79. The molecule has 0 aliphatic rings. The highest BCUT2D eigenvalue weighted by molar-refractivity contribution is 7.87. The largest absolute Gasteiger partial charge is 0.458 e. The van der Waals surface area contributed by atoms with Gasteiger partial charge in [-0.25, -0.2) is 4.79 Å². The third-order valence-electron chi connectivity index (χ3n) is 4.78. The van der Waals surface area contributed by atoms with E-state index in [4.69, 9.17) is 13.7 Å². The quantitative estimate of drug-likeness (QED) is 0.264. The third kappa shape index (κ3) is 7.71. The number of rotatable bonds is 10. The van der Waals surface area contributed by atoms with E-state index in [1.807, 2.05) is 36.4 Å². The normalized spacial score (nSPS) is 12.7. The summed E-state index contributed by atoms with van der Waals surface area (Å²) in [4.78, 5) is 12.7. The molecule has 3 rings (SSSR count). The predicted octanol–water partition coefficient (Wildman–Crippen LogP) is 5.92. The number of hydrogen-bond acceptors (Lipinski definition) is 6. The molecular formula is C27H30O6S. The smallest absolute Gasteiger partial charge is 0.337 e. The molecule has 6 nitrogen and oxygen atoms in total. The molecule has 0 bridgehead atoms. The zero-order valence-corrected chi connectivity index (χ0v) is 20.5. The van der Waals surface area contributed by atoms with Gasteiger partial charge in [0, 0.05) is 0 Å². The molecule has 0 spiro atoms. The van der Waals surface area contributed by atoms with E-state index in [0.717, 1.165) is 5.56 Å². The second-order valence-corrected chi connectivity index (χ2v) is 10.4. The van der Waals surface area contributed by atoms with Crippen molar-refractivity contribution in [2.75, 3.05) is 0 Å². The summed E-state index contributed by atoms with van der Waals surface area (Å²) < 4.78 is 43.2. The highest BCUT2D eigenvalue weighted by Crippen LogP contribution is 2.31. The van der Waals surface area contributed by atoms with Crippen molar-refractivity contribution in [3.8, 4) is 11.5 Å². The summed E-state index contributed by atoms with van der Waals surface area (Å²) in [6.07, 6.45) is 0.130. The molecule has 34 heavy (non-hydrogen) atoms. The fourth-order valence-corrected chi connectivity index (χ4v) is 4.46. The van der Waals surface area contributed by atoms with E-state index in [-0.39, 0.29) is 17.1 Å². The monoisotopic (exact) mass is 482 g/mol. The van der Waals surface area contributed by atoms with Crippen LogP contribution in [0.5, 0.6) is 11.5 Å². The first kappa shape index (κ1) is 25.5. The van der Waals surface area contributed by atoms with Crippen molar-refractivity contribution in [3.63, 3.8) is 0 Å². The Bertz CT molecular complexity index is 1170. The van der Waals surface area contributed by atoms with Crippen molar-refractivity contribution < 1.29 is 26.9 Å². The summed E-state index contributed by atoms with van der Waals surface area (Å²) in [5.74, 6) is -0.122. The van der Waals surface area contributed by atoms with E-state index in [1.165, 1.54) is 6.07 Å². The molecule has 0 fully saturated rings. The summed E-state index contributed by atoms with van der Waals surface area (Å²) in [6, 6.07) is 24.8. The van der Waals surface area contributed by atoms with Crippen LogP contribution in [0.2, 0.25) is 0 Å². The topological polar surface area (TPSA) is 78.9 Å². The lowest BCUT2D eigenvalue weighted by molar-refractivity contribution is -0.163. The summed E-state index contributed by atoms with van der Waals surface area (Å²) >= 11 is 0. The average molecular weight is 483 g/mol. The minimum absolute atomic E-state index is 0.112. The highest BCUT2D eigenvalue weighted by Gasteiger charge is 2.32. The Morgan fingerprint density at radius 1 is 0.853 bits per heavy atom. The van der Waals surface area contributed by atoms with Crippen LogP contribution in [0.4, 0.5) is 0 Å². The third-order valence-corrected chi connectivity index (χ3v) is 6.14. The Morgan fingerprint density at radius 2 is 1.44 bits per heavy atom. The number of esters is 1. The van der Waals surface area contributed by atoms with E-state index in [1.54, 1.807) is 63.2 Å². The summed E-state index contributed by atoms with van der Waals surface area (Å²) in [6.45, 7) is 5.18. The first-order valence-electron chi connectivity index (χ1n) is 11.2. The van der Waals surface area contributed by atoms with Crippen LogP contribution in [-0.4, -0.2) is 26.1 Å². The lowest BCUT2D eigenvalue weighted by Crippen LogP contribution is -2.35. The number of carbonyl (C=O) groups excluding carboxylic acids is 1. The lowest BCUT2D eigenvalue weighted by Gasteiger charge is -2.24. The Labute approximate surface area is 201 Å². The maximum absolute atomic E-state index is 13.2. The van der Waals surface area contributed by atoms with Crippen molar-refractivity contribution in [2.45, 2.75) is 56.6 Å².